The van der Waals surface area contributed by atoms with Crippen molar-refractivity contribution in [1.29, 1.82) is 0 Å². The van der Waals surface area contributed by atoms with Crippen molar-refractivity contribution < 1.29 is 9.18 Å². The zero-order chi connectivity index (χ0) is 15.4. The molecule has 3 N–H and O–H groups in total. The molecule has 2 aromatic carbocycles. The second-order valence-electron chi connectivity index (χ2n) is 4.94. The van der Waals surface area contributed by atoms with Gasteiger partial charge in [-0.2, -0.15) is 0 Å². The first-order valence-electron chi connectivity index (χ1n) is 6.56. The third kappa shape index (κ3) is 4.29. The van der Waals surface area contributed by atoms with Crippen LogP contribution in [0.3, 0.4) is 0 Å². The second-order valence-corrected chi connectivity index (χ2v) is 5.85. The molecule has 21 heavy (non-hydrogen) atoms. The summed E-state index contributed by atoms with van der Waals surface area (Å²) < 4.78 is 13.7. The van der Waals surface area contributed by atoms with Crippen LogP contribution in [0.4, 0.5) is 10.1 Å². The normalized spacial score (nSPS) is 12.0. The molecular weight excluding hydrogens is 335 g/mol. The van der Waals surface area contributed by atoms with Gasteiger partial charge in [0.15, 0.2) is 0 Å². The first kappa shape index (κ1) is 15.5. The molecule has 1 amide bonds. The molecule has 0 spiro atoms. The minimum Gasteiger partial charge on any atom is -0.398 e. The van der Waals surface area contributed by atoms with Crippen LogP contribution in [0, 0.1) is 5.82 Å². The van der Waals surface area contributed by atoms with E-state index in [0.717, 1.165) is 10.0 Å². The van der Waals surface area contributed by atoms with Gasteiger partial charge < -0.3 is 11.1 Å². The van der Waals surface area contributed by atoms with Crippen LogP contribution in [0.2, 0.25) is 0 Å². The van der Waals surface area contributed by atoms with Gasteiger partial charge in [0, 0.05) is 16.2 Å². The molecule has 0 aliphatic heterocycles. The minimum absolute atomic E-state index is 0.0778. The average Bonchev–Trinajstić information content (AvgIpc) is 2.41. The van der Waals surface area contributed by atoms with E-state index in [2.05, 4.69) is 21.2 Å². The van der Waals surface area contributed by atoms with Crippen molar-refractivity contribution in [3.8, 4) is 0 Å². The van der Waals surface area contributed by atoms with E-state index in [9.17, 15) is 9.18 Å². The van der Waals surface area contributed by atoms with Gasteiger partial charge in [-0.15, -0.1) is 0 Å². The van der Waals surface area contributed by atoms with Crippen LogP contribution in [0.1, 0.15) is 22.8 Å². The van der Waals surface area contributed by atoms with Crippen LogP contribution in [0.5, 0.6) is 0 Å². The van der Waals surface area contributed by atoms with Crippen LogP contribution in [0.25, 0.3) is 0 Å². The molecule has 0 fully saturated rings. The molecule has 0 radical (unpaired) electrons. The van der Waals surface area contributed by atoms with Crippen LogP contribution in [0.15, 0.2) is 46.9 Å². The molecule has 0 aromatic heterocycles. The van der Waals surface area contributed by atoms with E-state index in [1.807, 2.05) is 6.92 Å². The molecule has 2 aromatic rings. The average molecular weight is 351 g/mol. The fourth-order valence-electron chi connectivity index (χ4n) is 2.07. The largest absolute Gasteiger partial charge is 0.398 e. The zero-order valence-corrected chi connectivity index (χ0v) is 13.2. The Morgan fingerprint density at radius 2 is 1.95 bits per heavy atom. The Balaban J connectivity index is 2.00. The predicted molar refractivity (Wildman–Crippen MR) is 85.6 cm³/mol. The first-order valence-corrected chi connectivity index (χ1v) is 7.35. The molecule has 110 valence electrons. The van der Waals surface area contributed by atoms with E-state index < -0.39 is 0 Å². The molecule has 0 aliphatic rings. The highest BCUT2D eigenvalue weighted by Gasteiger charge is 2.13. The van der Waals surface area contributed by atoms with Gasteiger partial charge in [0.25, 0.3) is 5.91 Å². The summed E-state index contributed by atoms with van der Waals surface area (Å²) in [5, 5.41) is 2.89. The second kappa shape index (κ2) is 6.72. The number of benzene rings is 2. The van der Waals surface area contributed by atoms with Crippen molar-refractivity contribution in [3.05, 3.63) is 63.9 Å². The topological polar surface area (TPSA) is 55.1 Å². The molecule has 0 heterocycles. The van der Waals surface area contributed by atoms with Crippen molar-refractivity contribution in [2.75, 3.05) is 5.73 Å². The molecule has 1 unspecified atom stereocenters. The Kier molecular flexibility index (Phi) is 4.96. The summed E-state index contributed by atoms with van der Waals surface area (Å²) in [7, 11) is 0. The van der Waals surface area contributed by atoms with Gasteiger partial charge in [-0.1, -0.05) is 28.1 Å². The molecular formula is C16H16BrFN2O. The van der Waals surface area contributed by atoms with E-state index in [0.29, 0.717) is 17.7 Å². The predicted octanol–water partition coefficient (Wildman–Crippen LogP) is 3.53. The molecule has 5 heteroatoms. The van der Waals surface area contributed by atoms with Crippen molar-refractivity contribution >= 4 is 27.5 Å². The van der Waals surface area contributed by atoms with Gasteiger partial charge in [-0.05, 0) is 49.2 Å². The number of hydrogen-bond acceptors (Lipinski definition) is 2. The summed E-state index contributed by atoms with van der Waals surface area (Å²) >= 11 is 3.30. The van der Waals surface area contributed by atoms with Crippen molar-refractivity contribution in [3.63, 3.8) is 0 Å². The Morgan fingerprint density at radius 1 is 1.29 bits per heavy atom. The summed E-state index contributed by atoms with van der Waals surface area (Å²) in [6, 6.07) is 11.3. The number of carbonyl (C=O) groups excluding carboxylic acids is 1. The van der Waals surface area contributed by atoms with Gasteiger partial charge in [0.1, 0.15) is 5.82 Å². The lowest BCUT2D eigenvalue weighted by atomic mass is 10.1. The number of nitrogen functional groups attached to an aromatic ring is 1. The van der Waals surface area contributed by atoms with E-state index in [1.54, 1.807) is 30.3 Å². The van der Waals surface area contributed by atoms with Crippen molar-refractivity contribution in [1.82, 2.24) is 5.32 Å². The number of hydrogen-bond donors (Lipinski definition) is 2. The smallest absolute Gasteiger partial charge is 0.253 e. The van der Waals surface area contributed by atoms with Gasteiger partial charge in [0.2, 0.25) is 0 Å². The maximum Gasteiger partial charge on any atom is 0.253 e. The van der Waals surface area contributed by atoms with Gasteiger partial charge in [-0.3, -0.25) is 4.79 Å². The quantitative estimate of drug-likeness (QED) is 0.828. The molecule has 3 nitrogen and oxygen atoms in total. The lowest BCUT2D eigenvalue weighted by Crippen LogP contribution is -2.34. The number of rotatable bonds is 4. The van der Waals surface area contributed by atoms with Gasteiger partial charge >= 0.3 is 0 Å². The van der Waals surface area contributed by atoms with Crippen LogP contribution < -0.4 is 11.1 Å². The van der Waals surface area contributed by atoms with Crippen LogP contribution in [-0.2, 0) is 6.42 Å². The van der Waals surface area contributed by atoms with E-state index >= 15 is 0 Å². The molecule has 2 rings (SSSR count). The SMILES string of the molecule is CC(Cc1ccc(F)cc1)NC(=O)c1ccc(Br)cc1N. The number of amides is 1. The van der Waals surface area contributed by atoms with E-state index in [-0.39, 0.29) is 17.8 Å². The lowest BCUT2D eigenvalue weighted by molar-refractivity contribution is 0.0941. The highest BCUT2D eigenvalue weighted by Crippen LogP contribution is 2.18. The molecule has 0 saturated carbocycles. The highest BCUT2D eigenvalue weighted by molar-refractivity contribution is 9.10. The third-order valence-corrected chi connectivity index (χ3v) is 3.58. The number of nitrogens with two attached hydrogens (primary N) is 1. The fraction of sp³-hybridized carbons (Fsp3) is 0.188. The first-order chi connectivity index (χ1) is 9.95. The van der Waals surface area contributed by atoms with E-state index in [1.165, 1.54) is 12.1 Å². The Morgan fingerprint density at radius 3 is 2.57 bits per heavy atom. The summed E-state index contributed by atoms with van der Waals surface area (Å²) in [5.74, 6) is -0.479. The van der Waals surface area contributed by atoms with Crippen LogP contribution in [-0.4, -0.2) is 11.9 Å². The molecule has 0 aliphatic carbocycles. The maximum absolute atomic E-state index is 12.8. The monoisotopic (exact) mass is 350 g/mol. The minimum atomic E-state index is -0.266. The van der Waals surface area contributed by atoms with E-state index in [4.69, 9.17) is 5.73 Å². The number of anilines is 1. The maximum atomic E-state index is 12.8. The van der Waals surface area contributed by atoms with Crippen molar-refractivity contribution in [2.45, 2.75) is 19.4 Å². The summed E-state index contributed by atoms with van der Waals surface area (Å²) in [6.07, 6.45) is 0.627. The molecule has 0 bridgehead atoms. The fourth-order valence-corrected chi connectivity index (χ4v) is 2.45. The number of halogens is 2. The summed E-state index contributed by atoms with van der Waals surface area (Å²) in [5.41, 5.74) is 7.68. The highest BCUT2D eigenvalue weighted by atomic mass is 79.9. The van der Waals surface area contributed by atoms with Crippen LogP contribution >= 0.6 is 15.9 Å². The Bertz CT molecular complexity index is 643. The standard InChI is InChI=1S/C16H16BrFN2O/c1-10(8-11-2-5-13(18)6-3-11)20-16(21)14-7-4-12(17)9-15(14)19/h2-7,9-10H,8,19H2,1H3,(H,20,21). The van der Waals surface area contributed by atoms with Gasteiger partial charge in [0.05, 0.1) is 5.56 Å². The zero-order valence-electron chi connectivity index (χ0n) is 11.6. The Labute approximate surface area is 131 Å². The number of nitrogens with one attached hydrogen (secondary N) is 1. The lowest BCUT2D eigenvalue weighted by Gasteiger charge is -2.15. The van der Waals surface area contributed by atoms with Gasteiger partial charge in [-0.25, -0.2) is 4.39 Å². The summed E-state index contributed by atoms with van der Waals surface area (Å²) in [4.78, 5) is 12.2. The third-order valence-electron chi connectivity index (χ3n) is 3.09. The number of carbonyl (C=O) groups is 1. The molecule has 0 saturated heterocycles. The molecule has 1 atom stereocenters. The van der Waals surface area contributed by atoms with Crippen molar-refractivity contribution in [2.24, 2.45) is 0 Å². The summed E-state index contributed by atoms with van der Waals surface area (Å²) in [6.45, 7) is 1.90. The Hall–Kier alpha value is -1.88.